The van der Waals surface area contributed by atoms with E-state index < -0.39 is 35.4 Å². The molecule has 0 unspecified atom stereocenters. The Labute approximate surface area is 124 Å². The van der Waals surface area contributed by atoms with Gasteiger partial charge in [-0.2, -0.15) is 0 Å². The minimum absolute atomic E-state index is 0.0838. The number of carbonyl (C=O) groups is 6. The Morgan fingerprint density at radius 3 is 0.955 bits per heavy atom. The van der Waals surface area contributed by atoms with E-state index in [1.807, 2.05) is 0 Å². The van der Waals surface area contributed by atoms with Gasteiger partial charge in [-0.25, -0.2) is 9.59 Å². The van der Waals surface area contributed by atoms with Gasteiger partial charge in [-0.1, -0.05) is 0 Å². The van der Waals surface area contributed by atoms with Crippen LogP contribution in [0.5, 0.6) is 0 Å². The van der Waals surface area contributed by atoms with Crippen molar-refractivity contribution >= 4 is 35.4 Å². The highest BCUT2D eigenvalue weighted by Gasteiger charge is 2.11. The summed E-state index contributed by atoms with van der Waals surface area (Å²) in [5.74, 6) is -6.94. The zero-order valence-corrected chi connectivity index (χ0v) is 11.5. The summed E-state index contributed by atoms with van der Waals surface area (Å²) in [5, 5.41) is 32.3. The second-order valence-electron chi connectivity index (χ2n) is 3.95. The first-order chi connectivity index (χ1) is 10.1. The summed E-state index contributed by atoms with van der Waals surface area (Å²) >= 11 is 0. The van der Waals surface area contributed by atoms with E-state index in [4.69, 9.17) is 20.4 Å². The van der Waals surface area contributed by atoms with E-state index in [9.17, 15) is 28.8 Å². The van der Waals surface area contributed by atoms with E-state index in [1.54, 1.807) is 0 Å². The molecule has 0 aliphatic rings. The molecule has 0 saturated heterocycles. The highest BCUT2D eigenvalue weighted by Crippen LogP contribution is 1.96. The van der Waals surface area contributed by atoms with Crippen molar-refractivity contribution in [1.29, 1.82) is 0 Å². The number of ketones is 2. The van der Waals surface area contributed by atoms with Crippen LogP contribution in [0, 0.1) is 0 Å². The highest BCUT2D eigenvalue weighted by atomic mass is 16.4. The Bertz CT molecular complexity index is 409. The molecule has 0 bridgehead atoms. The molecule has 0 heterocycles. The fourth-order valence-electron chi connectivity index (χ4n) is 1.01. The van der Waals surface area contributed by atoms with Crippen molar-refractivity contribution in [3.63, 3.8) is 0 Å². The quantitative estimate of drug-likeness (QED) is 0.392. The number of carboxylic acid groups (broad SMARTS) is 4. The van der Waals surface area contributed by atoms with Gasteiger partial charge in [0.25, 0.3) is 0 Å². The van der Waals surface area contributed by atoms with Gasteiger partial charge in [-0.3, -0.25) is 19.2 Å². The number of hydrogen-bond acceptors (Lipinski definition) is 6. The van der Waals surface area contributed by atoms with E-state index in [0.29, 0.717) is 0 Å². The van der Waals surface area contributed by atoms with Crippen molar-refractivity contribution in [3.8, 4) is 0 Å². The van der Waals surface area contributed by atoms with E-state index in [0.717, 1.165) is 0 Å². The first kappa shape index (κ1) is 21.5. The molecule has 0 fully saturated rings. The first-order valence-corrected chi connectivity index (χ1v) is 6.03. The van der Waals surface area contributed by atoms with Crippen LogP contribution in [0.2, 0.25) is 0 Å². The summed E-state index contributed by atoms with van der Waals surface area (Å²) in [7, 11) is 0. The summed E-state index contributed by atoms with van der Waals surface area (Å²) in [4.78, 5) is 60.2. The Kier molecular flexibility index (Phi) is 11.7. The van der Waals surface area contributed by atoms with Gasteiger partial charge in [0.2, 0.25) is 11.6 Å². The van der Waals surface area contributed by atoms with Crippen LogP contribution in [0.4, 0.5) is 0 Å². The van der Waals surface area contributed by atoms with Crippen molar-refractivity contribution in [2.24, 2.45) is 0 Å². The molecule has 10 heteroatoms. The molecule has 0 rings (SSSR count). The standard InChI is InChI=1S/2C6H8O5/c2*7-4(6(10)11)2-1-3-5(8)9/h2*1-3H2,(H,8,9)(H,10,11). The Morgan fingerprint density at radius 1 is 0.500 bits per heavy atom. The summed E-state index contributed by atoms with van der Waals surface area (Å²) < 4.78 is 0. The van der Waals surface area contributed by atoms with Crippen LogP contribution in [0.15, 0.2) is 0 Å². The van der Waals surface area contributed by atoms with Crippen molar-refractivity contribution in [1.82, 2.24) is 0 Å². The van der Waals surface area contributed by atoms with Gasteiger partial charge in [0.15, 0.2) is 0 Å². The number of carboxylic acids is 4. The lowest BCUT2D eigenvalue weighted by Crippen LogP contribution is -2.12. The molecule has 0 atom stereocenters. The molecule has 0 saturated carbocycles. The maximum atomic E-state index is 10.3. The molecule has 124 valence electrons. The van der Waals surface area contributed by atoms with Crippen molar-refractivity contribution in [2.75, 3.05) is 0 Å². The largest absolute Gasteiger partial charge is 0.481 e. The van der Waals surface area contributed by atoms with Gasteiger partial charge < -0.3 is 20.4 Å². The molecule has 10 nitrogen and oxygen atoms in total. The van der Waals surface area contributed by atoms with Crippen molar-refractivity contribution < 1.29 is 49.2 Å². The molecule has 0 aliphatic heterocycles. The second kappa shape index (κ2) is 12.0. The lowest BCUT2D eigenvalue weighted by atomic mass is 10.2. The molecular weight excluding hydrogens is 304 g/mol. The summed E-state index contributed by atoms with van der Waals surface area (Å²) in [5.41, 5.74) is 0. The molecule has 0 aromatic carbocycles. The number of carbonyl (C=O) groups excluding carboxylic acids is 2. The van der Waals surface area contributed by atoms with E-state index in [-0.39, 0.29) is 38.5 Å². The number of rotatable bonds is 10. The normalized spacial score (nSPS) is 9.09. The SMILES string of the molecule is O=C(O)CCCC(=O)C(=O)O.O=C(O)CCCC(=O)C(=O)O. The van der Waals surface area contributed by atoms with E-state index >= 15 is 0 Å². The fourth-order valence-corrected chi connectivity index (χ4v) is 1.01. The van der Waals surface area contributed by atoms with Crippen molar-refractivity contribution in [3.05, 3.63) is 0 Å². The molecular formula is C12H16O10. The topological polar surface area (TPSA) is 183 Å². The Hall–Kier alpha value is -2.78. The van der Waals surface area contributed by atoms with Gasteiger partial charge in [-0.15, -0.1) is 0 Å². The molecule has 0 aliphatic carbocycles. The van der Waals surface area contributed by atoms with Crippen LogP contribution in [-0.2, 0) is 28.8 Å². The van der Waals surface area contributed by atoms with Crippen LogP contribution in [0.3, 0.4) is 0 Å². The third-order valence-corrected chi connectivity index (χ3v) is 2.07. The first-order valence-electron chi connectivity index (χ1n) is 6.03. The summed E-state index contributed by atoms with van der Waals surface area (Å²) in [6.45, 7) is 0. The average molecular weight is 320 g/mol. The zero-order chi connectivity index (χ0) is 17.7. The van der Waals surface area contributed by atoms with Gasteiger partial charge in [-0.05, 0) is 12.8 Å². The third kappa shape index (κ3) is 15.3. The average Bonchev–Trinajstić information content (AvgIpc) is 2.38. The summed E-state index contributed by atoms with van der Waals surface area (Å²) in [6.07, 6.45) is -0.581. The minimum Gasteiger partial charge on any atom is -0.481 e. The number of hydrogen-bond donors (Lipinski definition) is 4. The predicted octanol–water partition coefficient (Wildman–Crippen LogP) is -0.210. The number of aliphatic carboxylic acids is 4. The molecule has 22 heavy (non-hydrogen) atoms. The molecule has 0 aromatic rings. The van der Waals surface area contributed by atoms with Crippen LogP contribution < -0.4 is 0 Å². The predicted molar refractivity (Wildman–Crippen MR) is 68.3 cm³/mol. The second-order valence-corrected chi connectivity index (χ2v) is 3.95. The maximum absolute atomic E-state index is 10.3. The van der Waals surface area contributed by atoms with E-state index in [2.05, 4.69) is 0 Å². The van der Waals surface area contributed by atoms with Crippen LogP contribution in [0.25, 0.3) is 0 Å². The van der Waals surface area contributed by atoms with Gasteiger partial charge in [0, 0.05) is 25.7 Å². The van der Waals surface area contributed by atoms with Crippen LogP contribution in [0.1, 0.15) is 38.5 Å². The maximum Gasteiger partial charge on any atom is 0.372 e. The zero-order valence-electron chi connectivity index (χ0n) is 11.5. The van der Waals surface area contributed by atoms with Crippen molar-refractivity contribution in [2.45, 2.75) is 38.5 Å². The lowest BCUT2D eigenvalue weighted by Gasteiger charge is -1.91. The summed E-state index contributed by atoms with van der Waals surface area (Å²) in [6, 6.07) is 0. The molecule has 0 aromatic heterocycles. The van der Waals surface area contributed by atoms with Gasteiger partial charge in [0.05, 0.1) is 0 Å². The third-order valence-electron chi connectivity index (χ3n) is 2.07. The molecule has 4 N–H and O–H groups in total. The molecule has 0 radical (unpaired) electrons. The minimum atomic E-state index is -1.50. The Morgan fingerprint density at radius 2 is 0.773 bits per heavy atom. The van der Waals surface area contributed by atoms with E-state index in [1.165, 1.54) is 0 Å². The molecule has 0 spiro atoms. The number of Topliss-reactive ketones (excluding diaryl/α,β-unsaturated/α-hetero) is 2. The molecule has 0 amide bonds. The fraction of sp³-hybridized carbons (Fsp3) is 0.500. The lowest BCUT2D eigenvalue weighted by molar-refractivity contribution is -0.149. The highest BCUT2D eigenvalue weighted by molar-refractivity contribution is 6.33. The van der Waals surface area contributed by atoms with Crippen LogP contribution >= 0.6 is 0 Å². The van der Waals surface area contributed by atoms with Crippen LogP contribution in [-0.4, -0.2) is 55.9 Å². The Balaban J connectivity index is 0. The monoisotopic (exact) mass is 320 g/mol. The van der Waals surface area contributed by atoms with Gasteiger partial charge >= 0.3 is 23.9 Å². The smallest absolute Gasteiger partial charge is 0.372 e. The van der Waals surface area contributed by atoms with Gasteiger partial charge in [0.1, 0.15) is 0 Å².